The van der Waals surface area contributed by atoms with E-state index in [-0.39, 0.29) is 0 Å². The summed E-state index contributed by atoms with van der Waals surface area (Å²) in [7, 11) is 0. The highest BCUT2D eigenvalue weighted by atomic mass is 15.1. The van der Waals surface area contributed by atoms with Gasteiger partial charge in [0.1, 0.15) is 0 Å². The zero-order valence-electron chi connectivity index (χ0n) is 11.0. The number of hydrogen-bond acceptors (Lipinski definition) is 2. The fraction of sp³-hybridized carbons (Fsp3) is 0.714. The summed E-state index contributed by atoms with van der Waals surface area (Å²) in [4.78, 5) is 0. The van der Waals surface area contributed by atoms with Gasteiger partial charge in [-0.15, -0.1) is 0 Å². The second kappa shape index (κ2) is 6.62. The summed E-state index contributed by atoms with van der Waals surface area (Å²) in [6, 6.07) is 0. The van der Waals surface area contributed by atoms with E-state index in [1.54, 1.807) is 0 Å². The summed E-state index contributed by atoms with van der Waals surface area (Å²) in [5, 5.41) is 8.00. The molecule has 1 aromatic heterocycles. The maximum absolute atomic E-state index is 4.00. The van der Waals surface area contributed by atoms with E-state index in [1.807, 2.05) is 12.4 Å². The van der Waals surface area contributed by atoms with E-state index in [9.17, 15) is 0 Å². The summed E-state index contributed by atoms with van der Waals surface area (Å²) < 4.78 is 0. The van der Waals surface area contributed by atoms with Gasteiger partial charge >= 0.3 is 0 Å². The van der Waals surface area contributed by atoms with E-state index in [2.05, 4.69) is 37.9 Å². The lowest BCUT2D eigenvalue weighted by molar-refractivity contribution is 0.568. The zero-order chi connectivity index (χ0) is 12.0. The van der Waals surface area contributed by atoms with Crippen LogP contribution in [0.3, 0.4) is 0 Å². The van der Waals surface area contributed by atoms with Crippen molar-refractivity contribution in [2.75, 3.05) is 0 Å². The van der Waals surface area contributed by atoms with Crippen LogP contribution in [0.1, 0.15) is 51.7 Å². The molecule has 0 bridgehead atoms. The van der Waals surface area contributed by atoms with Crippen LogP contribution >= 0.6 is 0 Å². The van der Waals surface area contributed by atoms with Crippen LogP contribution < -0.4 is 0 Å². The molecule has 0 aromatic carbocycles. The van der Waals surface area contributed by atoms with Crippen molar-refractivity contribution < 1.29 is 0 Å². The van der Waals surface area contributed by atoms with E-state index in [0.29, 0.717) is 0 Å². The van der Waals surface area contributed by atoms with E-state index in [4.69, 9.17) is 0 Å². The molecule has 0 fully saturated rings. The smallest absolute Gasteiger partial charge is 0.0530 e. The molecule has 0 spiro atoms. The Morgan fingerprint density at radius 3 is 1.50 bits per heavy atom. The molecule has 2 nitrogen and oxygen atoms in total. The lowest BCUT2D eigenvalue weighted by Gasteiger charge is -2.10. The van der Waals surface area contributed by atoms with Crippen molar-refractivity contribution in [1.82, 2.24) is 10.2 Å². The van der Waals surface area contributed by atoms with Crippen molar-refractivity contribution in [1.29, 1.82) is 0 Å². The first-order valence-electron chi connectivity index (χ1n) is 6.38. The average molecular weight is 220 g/mol. The summed E-state index contributed by atoms with van der Waals surface area (Å²) in [5.74, 6) is 1.51. The Balaban J connectivity index is 2.60. The highest BCUT2D eigenvalue weighted by Crippen LogP contribution is 2.15. The number of aromatic nitrogens is 2. The van der Waals surface area contributed by atoms with Crippen LogP contribution in [-0.4, -0.2) is 10.2 Å². The summed E-state index contributed by atoms with van der Waals surface area (Å²) >= 11 is 0. The maximum atomic E-state index is 4.00. The van der Waals surface area contributed by atoms with Crippen LogP contribution in [0.25, 0.3) is 0 Å². The minimum absolute atomic E-state index is 0.756. The molecule has 0 saturated heterocycles. The molecule has 1 aromatic rings. The second-order valence-corrected chi connectivity index (χ2v) is 5.40. The number of nitrogens with zero attached hydrogens (tertiary/aromatic N) is 2. The Hall–Kier alpha value is -0.920. The molecule has 0 amide bonds. The van der Waals surface area contributed by atoms with Crippen LogP contribution in [0.5, 0.6) is 0 Å². The van der Waals surface area contributed by atoms with Crippen molar-refractivity contribution in [2.45, 2.75) is 53.4 Å². The molecule has 1 rings (SSSR count). The predicted molar refractivity (Wildman–Crippen MR) is 68.4 cm³/mol. The largest absolute Gasteiger partial charge is 0.159 e. The SMILES string of the molecule is CC(C)CCc1cnncc1CCC(C)C. The van der Waals surface area contributed by atoms with Gasteiger partial charge in [-0.3, -0.25) is 0 Å². The molecule has 16 heavy (non-hydrogen) atoms. The Morgan fingerprint density at radius 1 is 0.812 bits per heavy atom. The molecule has 0 N–H and O–H groups in total. The van der Waals surface area contributed by atoms with E-state index < -0.39 is 0 Å². The molecule has 0 unspecified atom stereocenters. The van der Waals surface area contributed by atoms with Crippen LogP contribution in [0.4, 0.5) is 0 Å². The molecule has 1 heterocycles. The molecule has 90 valence electrons. The average Bonchev–Trinajstić information content (AvgIpc) is 2.24. The van der Waals surface area contributed by atoms with Gasteiger partial charge in [0, 0.05) is 0 Å². The molecular formula is C14H24N2. The molecule has 0 aliphatic rings. The molecule has 0 aliphatic heterocycles. The van der Waals surface area contributed by atoms with Gasteiger partial charge < -0.3 is 0 Å². The topological polar surface area (TPSA) is 25.8 Å². The van der Waals surface area contributed by atoms with Gasteiger partial charge in [0.15, 0.2) is 0 Å². The first-order valence-corrected chi connectivity index (χ1v) is 6.38. The fourth-order valence-electron chi connectivity index (χ4n) is 1.71. The van der Waals surface area contributed by atoms with Crippen LogP contribution in [0.2, 0.25) is 0 Å². The number of aryl methyl sites for hydroxylation is 2. The van der Waals surface area contributed by atoms with Gasteiger partial charge in [-0.25, -0.2) is 0 Å². The van der Waals surface area contributed by atoms with Crippen molar-refractivity contribution >= 4 is 0 Å². The Bertz CT molecular complexity index is 274. The van der Waals surface area contributed by atoms with Crippen LogP contribution in [0, 0.1) is 11.8 Å². The first kappa shape index (κ1) is 13.1. The third-order valence-corrected chi connectivity index (χ3v) is 2.89. The van der Waals surface area contributed by atoms with Crippen molar-refractivity contribution in [3.8, 4) is 0 Å². The van der Waals surface area contributed by atoms with Crippen LogP contribution in [-0.2, 0) is 12.8 Å². The Morgan fingerprint density at radius 2 is 1.19 bits per heavy atom. The third kappa shape index (κ3) is 4.73. The molecular weight excluding hydrogens is 196 g/mol. The minimum Gasteiger partial charge on any atom is -0.159 e. The summed E-state index contributed by atoms with van der Waals surface area (Å²) in [6.45, 7) is 9.07. The van der Waals surface area contributed by atoms with Crippen molar-refractivity contribution in [3.05, 3.63) is 23.5 Å². The standard InChI is InChI=1S/C14H24N2/c1-11(2)5-7-13-9-15-16-10-14(13)8-6-12(3)4/h9-12H,5-8H2,1-4H3. The lowest BCUT2D eigenvalue weighted by atomic mass is 9.96. The molecule has 0 radical (unpaired) electrons. The maximum Gasteiger partial charge on any atom is 0.0530 e. The number of rotatable bonds is 6. The second-order valence-electron chi connectivity index (χ2n) is 5.40. The molecule has 0 saturated carbocycles. The van der Waals surface area contributed by atoms with Crippen molar-refractivity contribution in [2.24, 2.45) is 11.8 Å². The quantitative estimate of drug-likeness (QED) is 0.731. The van der Waals surface area contributed by atoms with E-state index in [0.717, 1.165) is 24.7 Å². The predicted octanol–water partition coefficient (Wildman–Crippen LogP) is 3.65. The van der Waals surface area contributed by atoms with Gasteiger partial charge in [0.2, 0.25) is 0 Å². The third-order valence-electron chi connectivity index (χ3n) is 2.89. The van der Waals surface area contributed by atoms with E-state index in [1.165, 1.54) is 24.0 Å². The molecule has 2 heteroatoms. The minimum atomic E-state index is 0.756. The van der Waals surface area contributed by atoms with Crippen LogP contribution in [0.15, 0.2) is 12.4 Å². The van der Waals surface area contributed by atoms with Gasteiger partial charge in [-0.05, 0) is 48.6 Å². The number of hydrogen-bond donors (Lipinski definition) is 0. The molecule has 0 atom stereocenters. The molecule has 0 aliphatic carbocycles. The summed E-state index contributed by atoms with van der Waals surface area (Å²) in [6.07, 6.45) is 8.64. The normalized spacial score (nSPS) is 11.4. The monoisotopic (exact) mass is 220 g/mol. The first-order chi connectivity index (χ1) is 7.59. The van der Waals surface area contributed by atoms with Gasteiger partial charge in [-0.1, -0.05) is 27.7 Å². The Labute approximate surface area is 99.5 Å². The summed E-state index contributed by atoms with van der Waals surface area (Å²) in [5.41, 5.74) is 2.79. The highest BCUT2D eigenvalue weighted by molar-refractivity contribution is 5.21. The van der Waals surface area contributed by atoms with Gasteiger partial charge in [0.05, 0.1) is 12.4 Å². The zero-order valence-corrected chi connectivity index (χ0v) is 11.0. The Kier molecular flexibility index (Phi) is 5.44. The fourth-order valence-corrected chi connectivity index (χ4v) is 1.71. The lowest BCUT2D eigenvalue weighted by Crippen LogP contribution is -2.01. The highest BCUT2D eigenvalue weighted by Gasteiger charge is 2.05. The van der Waals surface area contributed by atoms with Gasteiger partial charge in [0.25, 0.3) is 0 Å². The van der Waals surface area contributed by atoms with E-state index >= 15 is 0 Å². The van der Waals surface area contributed by atoms with Crippen molar-refractivity contribution in [3.63, 3.8) is 0 Å². The van der Waals surface area contributed by atoms with Gasteiger partial charge in [-0.2, -0.15) is 10.2 Å².